The smallest absolute Gasteiger partial charge is 0.243 e. The second-order valence-electron chi connectivity index (χ2n) is 11.9. The number of amides is 1. The number of nitrogens with one attached hydrogen (secondary N) is 2. The Hall–Kier alpha value is -2.93. The van der Waals surface area contributed by atoms with Gasteiger partial charge in [-0.3, -0.25) is 9.78 Å². The van der Waals surface area contributed by atoms with Crippen LogP contribution in [0.5, 0.6) is 0 Å². The van der Waals surface area contributed by atoms with Crippen LogP contribution in [0.4, 0.5) is 10.1 Å². The molecule has 0 spiro atoms. The number of carbonyl (C=O) groups is 1. The lowest BCUT2D eigenvalue weighted by atomic mass is 9.76. The average molecular weight is 658 g/mol. The number of rotatable bonds is 11. The summed E-state index contributed by atoms with van der Waals surface area (Å²) in [6, 6.07) is 14.3. The number of aromatic nitrogens is 1. The maximum absolute atomic E-state index is 15.2. The molecule has 5 rings (SSSR count). The Labute approximate surface area is 269 Å². The monoisotopic (exact) mass is 657 g/mol. The largest absolute Gasteiger partial charge is 0.381 e. The van der Waals surface area contributed by atoms with E-state index in [4.69, 9.17) is 22.1 Å². The van der Waals surface area contributed by atoms with Crippen molar-refractivity contribution < 1.29 is 22.3 Å². The zero-order valence-electron chi connectivity index (χ0n) is 25.4. The molecule has 3 aromatic rings. The lowest BCUT2D eigenvalue weighted by Gasteiger charge is -2.40. The molecule has 0 radical (unpaired) electrons. The number of ether oxygens (including phenoxy) is 1. The number of piperazine rings is 1. The predicted octanol–water partition coefficient (Wildman–Crippen LogP) is 4.72. The molecule has 2 saturated heterocycles. The fraction of sp³-hybridized carbons (Fsp3) is 0.455. The van der Waals surface area contributed by atoms with Gasteiger partial charge in [0.1, 0.15) is 5.82 Å². The first kappa shape index (κ1) is 33.4. The van der Waals surface area contributed by atoms with E-state index in [9.17, 15) is 13.2 Å². The minimum absolute atomic E-state index is 0.132. The highest BCUT2D eigenvalue weighted by atomic mass is 35.5. The van der Waals surface area contributed by atoms with Crippen molar-refractivity contribution >= 4 is 33.2 Å². The Morgan fingerprint density at radius 2 is 1.84 bits per heavy atom. The van der Waals surface area contributed by atoms with Crippen molar-refractivity contribution in [1.82, 2.24) is 14.6 Å². The van der Waals surface area contributed by atoms with Crippen LogP contribution in [-0.4, -0.2) is 68.0 Å². The molecule has 3 heterocycles. The number of hydrogen-bond donors (Lipinski definition) is 3. The highest BCUT2D eigenvalue weighted by molar-refractivity contribution is 7.89. The molecular formula is C33H41ClFN5O4S. The summed E-state index contributed by atoms with van der Waals surface area (Å²) in [5.41, 5.74) is 8.14. The number of hydrogen-bond acceptors (Lipinski definition) is 7. The van der Waals surface area contributed by atoms with E-state index in [2.05, 4.69) is 15.6 Å². The van der Waals surface area contributed by atoms with Gasteiger partial charge in [-0.2, -0.15) is 4.31 Å². The van der Waals surface area contributed by atoms with Crippen LogP contribution in [0.3, 0.4) is 0 Å². The van der Waals surface area contributed by atoms with E-state index < -0.39 is 27.8 Å². The molecule has 1 amide bonds. The van der Waals surface area contributed by atoms with Gasteiger partial charge in [0.15, 0.2) is 0 Å². The number of nitrogens with two attached hydrogens (primary N) is 1. The average Bonchev–Trinajstić information content (AvgIpc) is 3.04. The Balaban J connectivity index is 1.30. The molecule has 12 heteroatoms. The van der Waals surface area contributed by atoms with Gasteiger partial charge in [-0.25, -0.2) is 12.8 Å². The van der Waals surface area contributed by atoms with Gasteiger partial charge in [-0.15, -0.1) is 0 Å². The van der Waals surface area contributed by atoms with Gasteiger partial charge >= 0.3 is 0 Å². The molecular weight excluding hydrogens is 617 g/mol. The molecule has 1 aromatic heterocycles. The van der Waals surface area contributed by atoms with Crippen LogP contribution in [0.2, 0.25) is 5.02 Å². The van der Waals surface area contributed by atoms with E-state index in [1.807, 2.05) is 19.1 Å². The van der Waals surface area contributed by atoms with E-state index in [0.717, 1.165) is 24.6 Å². The number of sulfonamides is 1. The molecule has 45 heavy (non-hydrogen) atoms. The van der Waals surface area contributed by atoms with Crippen molar-refractivity contribution in [2.75, 3.05) is 31.6 Å². The van der Waals surface area contributed by atoms with Crippen LogP contribution >= 0.6 is 11.6 Å². The SMILES string of the molecule is CC1CNCC(CCCc2c(F)cncc2NC(=O)C(N)C(c2ccc(Cl)cc2)C2CCOCC2)N1S(=O)(=O)c1ccccc1. The topological polar surface area (TPSA) is 127 Å². The molecule has 0 aliphatic carbocycles. The van der Waals surface area contributed by atoms with Crippen molar-refractivity contribution in [3.63, 3.8) is 0 Å². The zero-order valence-corrected chi connectivity index (χ0v) is 26.9. The summed E-state index contributed by atoms with van der Waals surface area (Å²) in [5.74, 6) is -1.12. The van der Waals surface area contributed by atoms with Gasteiger partial charge in [0.25, 0.3) is 0 Å². The lowest BCUT2D eigenvalue weighted by Crippen LogP contribution is -2.58. The molecule has 2 aromatic carbocycles. The molecule has 2 fully saturated rings. The van der Waals surface area contributed by atoms with Gasteiger partial charge in [0.2, 0.25) is 15.9 Å². The van der Waals surface area contributed by atoms with Crippen LogP contribution in [0.1, 0.15) is 49.7 Å². The molecule has 4 unspecified atom stereocenters. The van der Waals surface area contributed by atoms with Crippen LogP contribution < -0.4 is 16.4 Å². The van der Waals surface area contributed by atoms with Gasteiger partial charge in [-0.05, 0) is 74.8 Å². The molecule has 0 bridgehead atoms. The van der Waals surface area contributed by atoms with Crippen molar-refractivity contribution in [3.8, 4) is 0 Å². The summed E-state index contributed by atoms with van der Waals surface area (Å²) in [6.45, 7) is 4.12. The van der Waals surface area contributed by atoms with E-state index >= 15 is 4.39 Å². The second-order valence-corrected chi connectivity index (χ2v) is 14.2. The van der Waals surface area contributed by atoms with Crippen molar-refractivity contribution in [2.45, 2.75) is 68.0 Å². The molecule has 0 saturated carbocycles. The third kappa shape index (κ3) is 7.90. The van der Waals surface area contributed by atoms with Gasteiger partial charge in [-0.1, -0.05) is 41.9 Å². The third-order valence-electron chi connectivity index (χ3n) is 8.88. The highest BCUT2D eigenvalue weighted by Crippen LogP contribution is 2.35. The maximum atomic E-state index is 15.2. The minimum atomic E-state index is -3.72. The standard InChI is InChI=1S/C33H41ClFN5O4S/c1-22-18-37-19-26(40(22)45(42,43)27-7-3-2-4-8-27)6-5-9-28-29(35)20-38-21-30(28)39-33(41)32(36)31(24-14-16-44-17-15-24)23-10-12-25(34)13-11-23/h2-4,7-8,10-13,20-22,24,26,31-32,37H,5-6,9,14-19,36H2,1H3,(H,39,41). The van der Waals surface area contributed by atoms with Gasteiger partial charge in [0, 0.05) is 54.9 Å². The minimum Gasteiger partial charge on any atom is -0.381 e. The summed E-state index contributed by atoms with van der Waals surface area (Å²) >= 11 is 6.13. The van der Waals surface area contributed by atoms with Crippen molar-refractivity contribution in [2.24, 2.45) is 11.7 Å². The highest BCUT2D eigenvalue weighted by Gasteiger charge is 2.38. The van der Waals surface area contributed by atoms with E-state index in [-0.39, 0.29) is 40.9 Å². The Kier molecular flexibility index (Phi) is 11.2. The summed E-state index contributed by atoms with van der Waals surface area (Å²) in [4.78, 5) is 17.9. The Morgan fingerprint density at radius 1 is 1.13 bits per heavy atom. The molecule has 2 aliphatic heterocycles. The summed E-state index contributed by atoms with van der Waals surface area (Å²) in [6.07, 6.45) is 5.37. The molecule has 4 atom stereocenters. The first-order valence-corrected chi connectivity index (χ1v) is 17.3. The summed E-state index contributed by atoms with van der Waals surface area (Å²) in [5, 5.41) is 6.78. The Morgan fingerprint density at radius 3 is 2.56 bits per heavy atom. The molecule has 9 nitrogen and oxygen atoms in total. The zero-order chi connectivity index (χ0) is 32.0. The lowest BCUT2D eigenvalue weighted by molar-refractivity contribution is -0.118. The number of nitrogens with zero attached hydrogens (tertiary/aromatic N) is 2. The fourth-order valence-corrected chi connectivity index (χ4v) is 8.62. The van der Waals surface area contributed by atoms with E-state index in [0.29, 0.717) is 49.7 Å². The van der Waals surface area contributed by atoms with E-state index in [1.165, 1.54) is 6.20 Å². The number of benzene rings is 2. The van der Waals surface area contributed by atoms with Crippen LogP contribution in [0.15, 0.2) is 71.9 Å². The van der Waals surface area contributed by atoms with Gasteiger partial charge < -0.3 is 21.1 Å². The number of anilines is 1. The van der Waals surface area contributed by atoms with Crippen molar-refractivity contribution in [1.29, 1.82) is 0 Å². The maximum Gasteiger partial charge on any atom is 0.243 e. The fourth-order valence-electron chi connectivity index (χ4n) is 6.63. The van der Waals surface area contributed by atoms with E-state index in [1.54, 1.807) is 46.8 Å². The third-order valence-corrected chi connectivity index (χ3v) is 11.2. The summed E-state index contributed by atoms with van der Waals surface area (Å²) in [7, 11) is -3.72. The number of pyridine rings is 1. The quantitative estimate of drug-likeness (QED) is 0.272. The molecule has 2 aliphatic rings. The first-order valence-electron chi connectivity index (χ1n) is 15.5. The van der Waals surface area contributed by atoms with Gasteiger partial charge in [0.05, 0.1) is 29.0 Å². The van der Waals surface area contributed by atoms with Crippen LogP contribution in [-0.2, 0) is 26.0 Å². The summed E-state index contributed by atoms with van der Waals surface area (Å²) < 4.78 is 49.5. The molecule has 4 N–H and O–H groups in total. The normalized spacial score (nSPS) is 21.2. The first-order chi connectivity index (χ1) is 21.7. The van der Waals surface area contributed by atoms with Crippen LogP contribution in [0, 0.1) is 11.7 Å². The predicted molar refractivity (Wildman–Crippen MR) is 173 cm³/mol. The van der Waals surface area contributed by atoms with Crippen LogP contribution in [0.25, 0.3) is 0 Å². The molecule has 242 valence electrons. The second kappa shape index (κ2) is 15.1. The van der Waals surface area contributed by atoms with Crippen molar-refractivity contribution in [3.05, 3.63) is 89.0 Å². The number of carbonyl (C=O) groups excluding carboxylic acids is 1. The Bertz CT molecular complexity index is 1540. The number of halogens is 2.